The number of aliphatic carboxylic acids is 1. The molecule has 134 valence electrons. The highest BCUT2D eigenvalue weighted by Gasteiger charge is 2.34. The van der Waals surface area contributed by atoms with E-state index in [2.05, 4.69) is 4.72 Å². The van der Waals surface area contributed by atoms with Crippen molar-refractivity contribution in [2.24, 2.45) is 0 Å². The third-order valence-corrected chi connectivity index (χ3v) is 5.38. The van der Waals surface area contributed by atoms with Gasteiger partial charge in [0.25, 0.3) is 0 Å². The summed E-state index contributed by atoms with van der Waals surface area (Å²) in [5.74, 6) is -0.450. The molecule has 3 atom stereocenters. The lowest BCUT2D eigenvalue weighted by molar-refractivity contribution is -0.145. The van der Waals surface area contributed by atoms with Gasteiger partial charge < -0.3 is 19.7 Å². The van der Waals surface area contributed by atoms with Gasteiger partial charge in [-0.15, -0.1) is 0 Å². The van der Waals surface area contributed by atoms with Crippen LogP contribution in [0.15, 0.2) is 29.2 Å². The zero-order valence-corrected chi connectivity index (χ0v) is 14.0. The molecule has 0 aromatic heterocycles. The monoisotopic (exact) mass is 359 g/mol. The Labute approximate surface area is 140 Å². The Morgan fingerprint density at radius 2 is 2.00 bits per heavy atom. The van der Waals surface area contributed by atoms with Gasteiger partial charge in [0.15, 0.2) is 0 Å². The van der Waals surface area contributed by atoms with Crippen LogP contribution < -0.4 is 9.46 Å². The minimum absolute atomic E-state index is 0.0765. The average Bonchev–Trinajstić information content (AvgIpc) is 2.55. The molecule has 0 radical (unpaired) electrons. The van der Waals surface area contributed by atoms with Crippen molar-refractivity contribution >= 4 is 16.0 Å². The van der Waals surface area contributed by atoms with Crippen molar-refractivity contribution in [2.75, 3.05) is 13.7 Å². The number of nitrogens with one attached hydrogen (secondary N) is 1. The highest BCUT2D eigenvalue weighted by atomic mass is 32.2. The molecule has 0 amide bonds. The van der Waals surface area contributed by atoms with Crippen LogP contribution in [0.5, 0.6) is 5.75 Å². The van der Waals surface area contributed by atoms with E-state index in [1.807, 2.05) is 0 Å². The number of rotatable bonds is 7. The zero-order valence-electron chi connectivity index (χ0n) is 13.2. The van der Waals surface area contributed by atoms with Crippen LogP contribution in [0.2, 0.25) is 0 Å². The Balaban J connectivity index is 2.06. The first-order valence-electron chi connectivity index (χ1n) is 7.50. The highest BCUT2D eigenvalue weighted by molar-refractivity contribution is 7.89. The molecule has 1 aromatic carbocycles. The fourth-order valence-electron chi connectivity index (χ4n) is 2.63. The van der Waals surface area contributed by atoms with Crippen LogP contribution in [0.4, 0.5) is 0 Å². The van der Waals surface area contributed by atoms with Gasteiger partial charge in [-0.25, -0.2) is 13.1 Å². The zero-order chi connectivity index (χ0) is 17.7. The van der Waals surface area contributed by atoms with E-state index in [4.69, 9.17) is 14.6 Å². The van der Waals surface area contributed by atoms with E-state index in [9.17, 15) is 18.3 Å². The van der Waals surface area contributed by atoms with Crippen molar-refractivity contribution < 1.29 is 32.9 Å². The van der Waals surface area contributed by atoms with Crippen molar-refractivity contribution in [3.63, 3.8) is 0 Å². The smallest absolute Gasteiger partial charge is 0.305 e. The quantitative estimate of drug-likeness (QED) is 0.642. The summed E-state index contributed by atoms with van der Waals surface area (Å²) < 4.78 is 37.9. The molecule has 0 unspecified atom stereocenters. The Hall–Kier alpha value is -1.68. The second kappa shape index (κ2) is 7.93. The number of carboxylic acid groups (broad SMARTS) is 1. The van der Waals surface area contributed by atoms with Crippen LogP contribution in [-0.4, -0.2) is 56.6 Å². The number of hydrogen-bond acceptors (Lipinski definition) is 6. The van der Waals surface area contributed by atoms with E-state index >= 15 is 0 Å². The number of carboxylic acids is 1. The Bertz CT molecular complexity index is 659. The number of aliphatic hydroxyl groups excluding tert-OH is 1. The van der Waals surface area contributed by atoms with E-state index in [1.165, 1.54) is 19.2 Å². The number of benzene rings is 1. The number of aliphatic hydroxyl groups is 1. The van der Waals surface area contributed by atoms with E-state index in [0.29, 0.717) is 18.6 Å². The number of methoxy groups -OCH3 is 1. The van der Waals surface area contributed by atoms with Crippen LogP contribution >= 0.6 is 0 Å². The molecular weight excluding hydrogens is 338 g/mol. The van der Waals surface area contributed by atoms with E-state index < -0.39 is 40.8 Å². The van der Waals surface area contributed by atoms with Gasteiger partial charge in [0.05, 0.1) is 43.3 Å². The Kier molecular flexibility index (Phi) is 6.16. The molecule has 1 aliphatic heterocycles. The van der Waals surface area contributed by atoms with Crippen LogP contribution in [-0.2, 0) is 19.6 Å². The third kappa shape index (κ3) is 4.67. The SMILES string of the molecule is COc1ccc(S(=O)(=O)N[C@H]2CC[C@H](CC(=O)O)O[C@H]2CO)cc1. The van der Waals surface area contributed by atoms with Crippen molar-refractivity contribution in [3.05, 3.63) is 24.3 Å². The Morgan fingerprint density at radius 3 is 2.54 bits per heavy atom. The maximum absolute atomic E-state index is 12.4. The van der Waals surface area contributed by atoms with Crippen LogP contribution in [0.25, 0.3) is 0 Å². The molecule has 24 heavy (non-hydrogen) atoms. The van der Waals surface area contributed by atoms with Gasteiger partial charge in [-0.3, -0.25) is 4.79 Å². The lowest BCUT2D eigenvalue weighted by Gasteiger charge is -2.35. The molecular formula is C15H21NO7S. The van der Waals surface area contributed by atoms with E-state index in [0.717, 1.165) is 0 Å². The first-order valence-corrected chi connectivity index (χ1v) is 8.98. The molecule has 8 nitrogen and oxygen atoms in total. The average molecular weight is 359 g/mol. The van der Waals surface area contributed by atoms with E-state index in [-0.39, 0.29) is 11.3 Å². The molecule has 0 spiro atoms. The number of ether oxygens (including phenoxy) is 2. The van der Waals surface area contributed by atoms with Crippen LogP contribution in [0.1, 0.15) is 19.3 Å². The van der Waals surface area contributed by atoms with Gasteiger partial charge in [-0.05, 0) is 37.1 Å². The summed E-state index contributed by atoms with van der Waals surface area (Å²) in [4.78, 5) is 10.8. The van der Waals surface area contributed by atoms with Gasteiger partial charge >= 0.3 is 5.97 Å². The topological polar surface area (TPSA) is 122 Å². The first-order chi connectivity index (χ1) is 11.4. The predicted molar refractivity (Wildman–Crippen MR) is 84.3 cm³/mol. The van der Waals surface area contributed by atoms with Gasteiger partial charge in [0.2, 0.25) is 10.0 Å². The molecule has 9 heteroatoms. The lowest BCUT2D eigenvalue weighted by Crippen LogP contribution is -2.51. The molecule has 0 aliphatic carbocycles. The predicted octanol–water partition coefficient (Wildman–Crippen LogP) is 0.357. The molecule has 0 bridgehead atoms. The van der Waals surface area contributed by atoms with Crippen LogP contribution in [0.3, 0.4) is 0 Å². The summed E-state index contributed by atoms with van der Waals surface area (Å²) in [7, 11) is -2.29. The van der Waals surface area contributed by atoms with Crippen molar-refractivity contribution in [1.82, 2.24) is 4.72 Å². The normalized spacial score (nSPS) is 24.5. The van der Waals surface area contributed by atoms with Gasteiger partial charge in [0, 0.05) is 0 Å². The van der Waals surface area contributed by atoms with Gasteiger partial charge in [-0.2, -0.15) is 0 Å². The molecule has 2 rings (SSSR count). The summed E-state index contributed by atoms with van der Waals surface area (Å²) >= 11 is 0. The second-order valence-electron chi connectivity index (χ2n) is 5.56. The first kappa shape index (κ1) is 18.7. The van der Waals surface area contributed by atoms with Gasteiger partial charge in [0.1, 0.15) is 5.75 Å². The molecule has 1 heterocycles. The number of carbonyl (C=O) groups is 1. The highest BCUT2D eigenvalue weighted by Crippen LogP contribution is 2.24. The fraction of sp³-hybridized carbons (Fsp3) is 0.533. The number of hydrogen-bond donors (Lipinski definition) is 3. The van der Waals surface area contributed by atoms with Crippen molar-refractivity contribution in [3.8, 4) is 5.75 Å². The molecule has 1 fully saturated rings. The standard InChI is InChI=1S/C15H21NO7S/c1-22-10-2-5-12(6-3-10)24(20,21)16-13-7-4-11(8-15(18)19)23-14(13)9-17/h2-3,5-6,11,13-14,16-17H,4,7-9H2,1H3,(H,18,19)/t11-,13+,14+/m1/s1. The molecule has 0 saturated carbocycles. The summed E-state index contributed by atoms with van der Waals surface area (Å²) in [5, 5.41) is 18.2. The second-order valence-corrected chi connectivity index (χ2v) is 7.27. The maximum Gasteiger partial charge on any atom is 0.305 e. The summed E-state index contributed by atoms with van der Waals surface area (Å²) in [6.45, 7) is -0.397. The summed E-state index contributed by atoms with van der Waals surface area (Å²) in [5.41, 5.74) is 0. The third-order valence-electron chi connectivity index (χ3n) is 3.87. The number of sulfonamides is 1. The maximum atomic E-state index is 12.4. The minimum atomic E-state index is -3.78. The molecule has 1 aromatic rings. The molecule has 1 saturated heterocycles. The van der Waals surface area contributed by atoms with Crippen LogP contribution in [0, 0.1) is 0 Å². The fourth-order valence-corrected chi connectivity index (χ4v) is 3.93. The van der Waals surface area contributed by atoms with E-state index in [1.54, 1.807) is 12.1 Å². The molecule has 3 N–H and O–H groups in total. The lowest BCUT2D eigenvalue weighted by atomic mass is 9.98. The largest absolute Gasteiger partial charge is 0.497 e. The minimum Gasteiger partial charge on any atom is -0.497 e. The summed E-state index contributed by atoms with van der Waals surface area (Å²) in [6, 6.07) is 5.31. The van der Waals surface area contributed by atoms with Crippen molar-refractivity contribution in [1.29, 1.82) is 0 Å². The van der Waals surface area contributed by atoms with Crippen molar-refractivity contribution in [2.45, 2.75) is 42.4 Å². The van der Waals surface area contributed by atoms with Gasteiger partial charge in [-0.1, -0.05) is 0 Å². The Morgan fingerprint density at radius 1 is 1.33 bits per heavy atom. The summed E-state index contributed by atoms with van der Waals surface area (Å²) in [6.07, 6.45) is -0.691. The molecule has 1 aliphatic rings.